The molecule has 0 bridgehead atoms. The normalized spacial score (nSPS) is 22.2. The number of rotatable bonds is 2. The van der Waals surface area contributed by atoms with Crippen molar-refractivity contribution in [2.75, 3.05) is 0 Å². The average Bonchev–Trinajstić information content (AvgIpc) is 2.01. The molecular formula is C11H17NO2. The first-order chi connectivity index (χ1) is 6.56. The zero-order chi connectivity index (χ0) is 10.7. The van der Waals surface area contributed by atoms with Crippen LogP contribution in [0.4, 0.5) is 0 Å². The minimum Gasteiger partial charge on any atom is -0.276 e. The quantitative estimate of drug-likeness (QED) is 0.674. The Balaban J connectivity index is 2.78. The smallest absolute Gasteiger partial charge is 0.253 e. The van der Waals surface area contributed by atoms with Crippen molar-refractivity contribution in [3.63, 3.8) is 0 Å². The Labute approximate surface area is 84.8 Å². The molecule has 0 radical (unpaired) electrons. The van der Waals surface area contributed by atoms with Crippen molar-refractivity contribution in [3.05, 3.63) is 11.6 Å². The summed E-state index contributed by atoms with van der Waals surface area (Å²) < 4.78 is 0. The zero-order valence-electron chi connectivity index (χ0n) is 9.04. The van der Waals surface area contributed by atoms with Crippen LogP contribution in [-0.4, -0.2) is 22.8 Å². The molecule has 0 saturated heterocycles. The largest absolute Gasteiger partial charge is 0.276 e. The highest BCUT2D eigenvalue weighted by Gasteiger charge is 2.28. The fraction of sp³-hybridized carbons (Fsp3) is 0.636. The molecule has 1 rings (SSSR count). The number of imide groups is 1. The minimum atomic E-state index is -0.153. The van der Waals surface area contributed by atoms with Gasteiger partial charge in [0.15, 0.2) is 0 Å². The Kier molecular flexibility index (Phi) is 3.44. The van der Waals surface area contributed by atoms with E-state index >= 15 is 0 Å². The van der Waals surface area contributed by atoms with E-state index in [0.29, 0.717) is 6.42 Å². The molecular weight excluding hydrogens is 178 g/mol. The zero-order valence-corrected chi connectivity index (χ0v) is 9.04. The molecule has 0 aromatic carbocycles. The topological polar surface area (TPSA) is 37.4 Å². The van der Waals surface area contributed by atoms with E-state index in [9.17, 15) is 9.59 Å². The summed E-state index contributed by atoms with van der Waals surface area (Å²) in [6.45, 7) is 5.79. The lowest BCUT2D eigenvalue weighted by molar-refractivity contribution is -0.144. The van der Waals surface area contributed by atoms with Gasteiger partial charge in [-0.2, -0.15) is 0 Å². The molecule has 0 fully saturated rings. The molecule has 1 unspecified atom stereocenters. The second-order valence-corrected chi connectivity index (χ2v) is 3.90. The highest BCUT2D eigenvalue weighted by molar-refractivity contribution is 6.02. The lowest BCUT2D eigenvalue weighted by atomic mass is 10.0. The van der Waals surface area contributed by atoms with E-state index in [2.05, 4.69) is 0 Å². The maximum Gasteiger partial charge on any atom is 0.253 e. The van der Waals surface area contributed by atoms with Crippen molar-refractivity contribution in [2.45, 2.75) is 46.1 Å². The predicted octanol–water partition coefficient (Wildman–Crippen LogP) is 1.88. The standard InChI is InChI=1S/C11H17NO2/c1-4-5-10(13)12-9(3)6-8(2)7-11(12)14/h7,9H,4-6H2,1-3H3. The molecule has 1 aliphatic rings. The maximum atomic E-state index is 11.6. The van der Waals surface area contributed by atoms with E-state index in [1.54, 1.807) is 6.08 Å². The van der Waals surface area contributed by atoms with Crippen LogP contribution in [0.3, 0.4) is 0 Å². The summed E-state index contributed by atoms with van der Waals surface area (Å²) in [5, 5.41) is 0. The summed E-state index contributed by atoms with van der Waals surface area (Å²) in [4.78, 5) is 24.5. The number of hydrogen-bond donors (Lipinski definition) is 0. The molecule has 0 aromatic rings. The summed E-state index contributed by atoms with van der Waals surface area (Å²) in [7, 11) is 0. The van der Waals surface area contributed by atoms with Crippen LogP contribution in [0.1, 0.15) is 40.0 Å². The number of amides is 2. The number of carbonyl (C=O) groups excluding carboxylic acids is 2. The van der Waals surface area contributed by atoms with E-state index < -0.39 is 0 Å². The molecule has 0 spiro atoms. The van der Waals surface area contributed by atoms with Gasteiger partial charge >= 0.3 is 0 Å². The van der Waals surface area contributed by atoms with Crippen LogP contribution in [0.2, 0.25) is 0 Å². The SMILES string of the molecule is CCCC(=O)N1C(=O)C=C(C)CC1C. The van der Waals surface area contributed by atoms with Gasteiger partial charge in [0.1, 0.15) is 0 Å². The summed E-state index contributed by atoms with van der Waals surface area (Å²) in [5.41, 5.74) is 1.06. The van der Waals surface area contributed by atoms with Crippen LogP contribution < -0.4 is 0 Å². The third-order valence-electron chi connectivity index (χ3n) is 2.40. The second-order valence-electron chi connectivity index (χ2n) is 3.90. The van der Waals surface area contributed by atoms with Crippen molar-refractivity contribution in [2.24, 2.45) is 0 Å². The molecule has 3 heteroatoms. The molecule has 2 amide bonds. The summed E-state index contributed by atoms with van der Waals surface area (Å²) >= 11 is 0. The average molecular weight is 195 g/mol. The predicted molar refractivity (Wildman–Crippen MR) is 54.6 cm³/mol. The lowest BCUT2D eigenvalue weighted by Crippen LogP contribution is -2.44. The Hall–Kier alpha value is -1.12. The van der Waals surface area contributed by atoms with Crippen LogP contribution in [0.5, 0.6) is 0 Å². The molecule has 78 valence electrons. The Morgan fingerprint density at radius 3 is 2.79 bits per heavy atom. The van der Waals surface area contributed by atoms with Crippen LogP contribution in [0.25, 0.3) is 0 Å². The first kappa shape index (κ1) is 11.0. The van der Waals surface area contributed by atoms with Crippen LogP contribution >= 0.6 is 0 Å². The first-order valence-electron chi connectivity index (χ1n) is 5.09. The van der Waals surface area contributed by atoms with Gasteiger partial charge in [-0.3, -0.25) is 14.5 Å². The van der Waals surface area contributed by atoms with Gasteiger partial charge in [-0.05, 0) is 26.7 Å². The molecule has 0 aliphatic carbocycles. The fourth-order valence-corrected chi connectivity index (χ4v) is 1.82. The van der Waals surface area contributed by atoms with E-state index in [-0.39, 0.29) is 17.9 Å². The van der Waals surface area contributed by atoms with E-state index in [1.165, 1.54) is 4.90 Å². The molecule has 3 nitrogen and oxygen atoms in total. The van der Waals surface area contributed by atoms with E-state index in [4.69, 9.17) is 0 Å². The lowest BCUT2D eigenvalue weighted by Gasteiger charge is -2.30. The second kappa shape index (κ2) is 4.40. The third kappa shape index (κ3) is 2.22. The van der Waals surface area contributed by atoms with Gasteiger partial charge in [-0.1, -0.05) is 12.5 Å². The van der Waals surface area contributed by atoms with Crippen molar-refractivity contribution >= 4 is 11.8 Å². The van der Waals surface area contributed by atoms with Gasteiger partial charge in [-0.15, -0.1) is 0 Å². The monoisotopic (exact) mass is 195 g/mol. The van der Waals surface area contributed by atoms with Crippen molar-refractivity contribution < 1.29 is 9.59 Å². The highest BCUT2D eigenvalue weighted by atomic mass is 16.2. The van der Waals surface area contributed by atoms with Crippen molar-refractivity contribution in [1.82, 2.24) is 4.90 Å². The Bertz CT molecular complexity index is 281. The minimum absolute atomic E-state index is 0.0200. The summed E-state index contributed by atoms with van der Waals surface area (Å²) in [5.74, 6) is -0.201. The molecule has 0 N–H and O–H groups in total. The third-order valence-corrected chi connectivity index (χ3v) is 2.40. The van der Waals surface area contributed by atoms with Gasteiger partial charge in [0.05, 0.1) is 0 Å². The Morgan fingerprint density at radius 2 is 2.29 bits per heavy atom. The van der Waals surface area contributed by atoms with Gasteiger partial charge in [0, 0.05) is 18.5 Å². The molecule has 0 saturated carbocycles. The molecule has 0 aromatic heterocycles. The molecule has 1 heterocycles. The van der Waals surface area contributed by atoms with Crippen molar-refractivity contribution in [1.29, 1.82) is 0 Å². The maximum absolute atomic E-state index is 11.6. The van der Waals surface area contributed by atoms with Gasteiger partial charge in [0.2, 0.25) is 5.91 Å². The van der Waals surface area contributed by atoms with Gasteiger partial charge in [-0.25, -0.2) is 0 Å². The van der Waals surface area contributed by atoms with Crippen LogP contribution in [0, 0.1) is 0 Å². The highest BCUT2D eigenvalue weighted by Crippen LogP contribution is 2.19. The molecule has 14 heavy (non-hydrogen) atoms. The van der Waals surface area contributed by atoms with E-state index in [1.807, 2.05) is 20.8 Å². The van der Waals surface area contributed by atoms with Gasteiger partial charge < -0.3 is 0 Å². The first-order valence-corrected chi connectivity index (χ1v) is 5.09. The summed E-state index contributed by atoms with van der Waals surface area (Å²) in [6, 6.07) is 0.0200. The van der Waals surface area contributed by atoms with E-state index in [0.717, 1.165) is 18.4 Å². The van der Waals surface area contributed by atoms with Crippen LogP contribution in [-0.2, 0) is 9.59 Å². The molecule has 1 atom stereocenters. The number of hydrogen-bond acceptors (Lipinski definition) is 2. The number of carbonyl (C=O) groups is 2. The van der Waals surface area contributed by atoms with Crippen molar-refractivity contribution in [3.8, 4) is 0 Å². The molecule has 1 aliphatic heterocycles. The number of nitrogens with zero attached hydrogens (tertiary/aromatic N) is 1. The fourth-order valence-electron chi connectivity index (χ4n) is 1.82. The Morgan fingerprint density at radius 1 is 1.64 bits per heavy atom. The summed E-state index contributed by atoms with van der Waals surface area (Å²) in [6.07, 6.45) is 3.62. The van der Waals surface area contributed by atoms with Gasteiger partial charge in [0.25, 0.3) is 5.91 Å². The van der Waals surface area contributed by atoms with Crippen LogP contribution in [0.15, 0.2) is 11.6 Å².